The molecule has 5 heteroatoms. The van der Waals surface area contributed by atoms with E-state index in [0.29, 0.717) is 30.1 Å². The van der Waals surface area contributed by atoms with Gasteiger partial charge in [-0.25, -0.2) is 4.98 Å². The zero-order chi connectivity index (χ0) is 13.1. The van der Waals surface area contributed by atoms with Crippen LogP contribution in [0.1, 0.15) is 31.4 Å². The molecular formula is C14H19ClN2O2. The average Bonchev–Trinajstić information content (AvgIpc) is 3.10. The molecule has 2 heterocycles. The third-order valence-corrected chi connectivity index (χ3v) is 3.81. The lowest BCUT2D eigenvalue weighted by Crippen LogP contribution is -2.18. The summed E-state index contributed by atoms with van der Waals surface area (Å²) in [6, 6.07) is 4.32. The summed E-state index contributed by atoms with van der Waals surface area (Å²) in [5.74, 6) is 0.632. The molecule has 0 radical (unpaired) electrons. The SMILES string of the molecule is Clc1ccc(OCC2CCCO2)nc1CNC1CC1. The van der Waals surface area contributed by atoms with Gasteiger partial charge in [-0.1, -0.05) is 11.6 Å². The lowest BCUT2D eigenvalue weighted by molar-refractivity contribution is 0.0662. The molecule has 0 aromatic carbocycles. The summed E-state index contributed by atoms with van der Waals surface area (Å²) >= 11 is 6.14. The van der Waals surface area contributed by atoms with Crippen molar-refractivity contribution in [1.29, 1.82) is 0 Å². The van der Waals surface area contributed by atoms with Crippen molar-refractivity contribution in [3.8, 4) is 5.88 Å². The number of aromatic nitrogens is 1. The van der Waals surface area contributed by atoms with Crippen LogP contribution in [0.5, 0.6) is 5.88 Å². The third-order valence-electron chi connectivity index (χ3n) is 3.47. The van der Waals surface area contributed by atoms with Gasteiger partial charge in [-0.15, -0.1) is 0 Å². The standard InChI is InChI=1S/C14H19ClN2O2/c15-12-5-6-14(19-9-11-2-1-7-18-11)17-13(12)8-16-10-3-4-10/h5-6,10-11,16H,1-4,7-9H2. The van der Waals surface area contributed by atoms with Gasteiger partial charge in [0.2, 0.25) is 5.88 Å². The number of hydrogen-bond donors (Lipinski definition) is 1. The van der Waals surface area contributed by atoms with Gasteiger partial charge < -0.3 is 14.8 Å². The van der Waals surface area contributed by atoms with Gasteiger partial charge >= 0.3 is 0 Å². The first kappa shape index (κ1) is 13.2. The van der Waals surface area contributed by atoms with Crippen LogP contribution in [-0.4, -0.2) is 30.3 Å². The Morgan fingerprint density at radius 1 is 1.37 bits per heavy atom. The first-order valence-electron chi connectivity index (χ1n) is 6.94. The van der Waals surface area contributed by atoms with Crippen LogP contribution in [0.4, 0.5) is 0 Å². The minimum Gasteiger partial charge on any atom is -0.475 e. The van der Waals surface area contributed by atoms with E-state index in [4.69, 9.17) is 21.1 Å². The minimum atomic E-state index is 0.213. The van der Waals surface area contributed by atoms with E-state index in [-0.39, 0.29) is 6.10 Å². The van der Waals surface area contributed by atoms with Gasteiger partial charge in [0.1, 0.15) is 6.61 Å². The van der Waals surface area contributed by atoms with Crippen LogP contribution in [0, 0.1) is 0 Å². The topological polar surface area (TPSA) is 43.4 Å². The Hall–Kier alpha value is -0.840. The normalized spacial score (nSPS) is 22.7. The van der Waals surface area contributed by atoms with Crippen LogP contribution >= 0.6 is 11.6 Å². The molecule has 1 atom stereocenters. The van der Waals surface area contributed by atoms with Gasteiger partial charge in [-0.05, 0) is 31.7 Å². The zero-order valence-electron chi connectivity index (χ0n) is 10.9. The van der Waals surface area contributed by atoms with Crippen molar-refractivity contribution >= 4 is 11.6 Å². The number of pyridine rings is 1. The molecule has 1 aromatic rings. The minimum absolute atomic E-state index is 0.213. The fraction of sp³-hybridized carbons (Fsp3) is 0.643. The van der Waals surface area contributed by atoms with Gasteiger partial charge in [0.05, 0.1) is 16.8 Å². The monoisotopic (exact) mass is 282 g/mol. The molecule has 0 bridgehead atoms. The van der Waals surface area contributed by atoms with Gasteiger partial charge in [-0.3, -0.25) is 0 Å². The lowest BCUT2D eigenvalue weighted by atomic mass is 10.2. The van der Waals surface area contributed by atoms with Gasteiger partial charge in [-0.2, -0.15) is 0 Å². The number of nitrogens with one attached hydrogen (secondary N) is 1. The van der Waals surface area contributed by atoms with E-state index in [0.717, 1.165) is 25.1 Å². The maximum absolute atomic E-state index is 6.14. The maximum atomic E-state index is 6.14. The van der Waals surface area contributed by atoms with E-state index in [1.54, 1.807) is 0 Å². The highest BCUT2D eigenvalue weighted by Gasteiger charge is 2.21. The van der Waals surface area contributed by atoms with E-state index in [1.807, 2.05) is 12.1 Å². The maximum Gasteiger partial charge on any atom is 0.213 e. The predicted molar refractivity (Wildman–Crippen MR) is 73.6 cm³/mol. The molecule has 0 amide bonds. The second kappa shape index (κ2) is 6.07. The Morgan fingerprint density at radius 2 is 2.26 bits per heavy atom. The molecule has 1 aromatic heterocycles. The Morgan fingerprint density at radius 3 is 3.00 bits per heavy atom. The van der Waals surface area contributed by atoms with Gasteiger partial charge in [0, 0.05) is 25.3 Å². The molecule has 1 aliphatic heterocycles. The van der Waals surface area contributed by atoms with Crippen molar-refractivity contribution in [1.82, 2.24) is 10.3 Å². The quantitative estimate of drug-likeness (QED) is 0.871. The average molecular weight is 283 g/mol. The highest BCUT2D eigenvalue weighted by molar-refractivity contribution is 6.31. The first-order chi connectivity index (χ1) is 9.31. The van der Waals surface area contributed by atoms with Crippen molar-refractivity contribution in [2.24, 2.45) is 0 Å². The Kier molecular flexibility index (Phi) is 4.21. The van der Waals surface area contributed by atoms with E-state index in [1.165, 1.54) is 12.8 Å². The number of hydrogen-bond acceptors (Lipinski definition) is 4. The fourth-order valence-corrected chi connectivity index (χ4v) is 2.32. The molecule has 3 rings (SSSR count). The molecule has 0 spiro atoms. The number of ether oxygens (including phenoxy) is 2. The summed E-state index contributed by atoms with van der Waals surface area (Å²) in [5, 5.41) is 4.10. The summed E-state index contributed by atoms with van der Waals surface area (Å²) in [4.78, 5) is 4.46. The van der Waals surface area contributed by atoms with E-state index < -0.39 is 0 Å². The van der Waals surface area contributed by atoms with Crippen LogP contribution < -0.4 is 10.1 Å². The second-order valence-electron chi connectivity index (χ2n) is 5.18. The van der Waals surface area contributed by atoms with E-state index >= 15 is 0 Å². The van der Waals surface area contributed by atoms with Crippen molar-refractivity contribution < 1.29 is 9.47 Å². The van der Waals surface area contributed by atoms with Crippen LogP contribution in [0.15, 0.2) is 12.1 Å². The zero-order valence-corrected chi connectivity index (χ0v) is 11.7. The highest BCUT2D eigenvalue weighted by atomic mass is 35.5. The summed E-state index contributed by atoms with van der Waals surface area (Å²) in [6.45, 7) is 2.13. The van der Waals surface area contributed by atoms with Crippen molar-refractivity contribution in [3.63, 3.8) is 0 Å². The van der Waals surface area contributed by atoms with Crippen LogP contribution in [-0.2, 0) is 11.3 Å². The van der Waals surface area contributed by atoms with Crippen LogP contribution in [0.2, 0.25) is 5.02 Å². The third kappa shape index (κ3) is 3.81. The van der Waals surface area contributed by atoms with Gasteiger partial charge in [0.25, 0.3) is 0 Å². The molecule has 2 aliphatic rings. The van der Waals surface area contributed by atoms with Crippen molar-refractivity contribution in [2.45, 2.75) is 44.4 Å². The van der Waals surface area contributed by atoms with Gasteiger partial charge in [0.15, 0.2) is 0 Å². The summed E-state index contributed by atoms with van der Waals surface area (Å²) in [5.41, 5.74) is 0.860. The number of nitrogens with zero attached hydrogens (tertiary/aromatic N) is 1. The molecule has 19 heavy (non-hydrogen) atoms. The molecule has 1 N–H and O–H groups in total. The van der Waals surface area contributed by atoms with E-state index in [2.05, 4.69) is 10.3 Å². The first-order valence-corrected chi connectivity index (χ1v) is 7.32. The molecule has 1 aliphatic carbocycles. The van der Waals surface area contributed by atoms with Crippen molar-refractivity contribution in [2.75, 3.05) is 13.2 Å². The fourth-order valence-electron chi connectivity index (χ4n) is 2.15. The van der Waals surface area contributed by atoms with E-state index in [9.17, 15) is 0 Å². The largest absolute Gasteiger partial charge is 0.475 e. The lowest BCUT2D eigenvalue weighted by Gasteiger charge is -2.12. The number of halogens is 1. The molecule has 1 saturated carbocycles. The van der Waals surface area contributed by atoms with Crippen LogP contribution in [0.25, 0.3) is 0 Å². The molecule has 1 unspecified atom stereocenters. The number of rotatable bonds is 6. The highest BCUT2D eigenvalue weighted by Crippen LogP contribution is 2.22. The smallest absolute Gasteiger partial charge is 0.213 e. The van der Waals surface area contributed by atoms with Crippen molar-refractivity contribution in [3.05, 3.63) is 22.8 Å². The molecular weight excluding hydrogens is 264 g/mol. The summed E-state index contributed by atoms with van der Waals surface area (Å²) in [6.07, 6.45) is 4.92. The summed E-state index contributed by atoms with van der Waals surface area (Å²) < 4.78 is 11.2. The molecule has 4 nitrogen and oxygen atoms in total. The van der Waals surface area contributed by atoms with Crippen LogP contribution in [0.3, 0.4) is 0 Å². The summed E-state index contributed by atoms with van der Waals surface area (Å²) in [7, 11) is 0. The second-order valence-corrected chi connectivity index (χ2v) is 5.59. The molecule has 104 valence electrons. The molecule has 2 fully saturated rings. The molecule has 1 saturated heterocycles. The predicted octanol–water partition coefficient (Wildman–Crippen LogP) is 2.54. The Balaban J connectivity index is 1.55. The Bertz CT molecular complexity index is 431. The Labute approximate surface area is 118 Å².